The molecular formula is C13H21FN2O. The van der Waals surface area contributed by atoms with Crippen LogP contribution >= 0.6 is 0 Å². The van der Waals surface area contributed by atoms with Crippen LogP contribution in [-0.2, 0) is 6.54 Å². The van der Waals surface area contributed by atoms with E-state index in [0.29, 0.717) is 31.0 Å². The molecule has 1 aromatic rings. The minimum Gasteiger partial charge on any atom is -0.477 e. The molecule has 0 saturated carbocycles. The van der Waals surface area contributed by atoms with Crippen molar-refractivity contribution < 1.29 is 9.13 Å². The molecule has 96 valence electrons. The SMILES string of the molecule is CC(C)COc1ncc(F)cc1CNC(C)C. The first kappa shape index (κ1) is 13.9. The number of hydrogen-bond acceptors (Lipinski definition) is 3. The predicted octanol–water partition coefficient (Wildman–Crippen LogP) is 2.75. The van der Waals surface area contributed by atoms with E-state index in [1.165, 1.54) is 12.3 Å². The summed E-state index contributed by atoms with van der Waals surface area (Å²) in [5, 5.41) is 3.23. The first-order chi connectivity index (χ1) is 7.99. The van der Waals surface area contributed by atoms with Crippen molar-refractivity contribution in [3.8, 4) is 5.88 Å². The molecule has 0 aromatic carbocycles. The monoisotopic (exact) mass is 240 g/mol. The number of pyridine rings is 1. The van der Waals surface area contributed by atoms with Gasteiger partial charge < -0.3 is 10.1 Å². The fourth-order valence-corrected chi connectivity index (χ4v) is 1.28. The normalized spacial score (nSPS) is 11.2. The van der Waals surface area contributed by atoms with Gasteiger partial charge in [0.1, 0.15) is 5.82 Å². The number of rotatable bonds is 6. The van der Waals surface area contributed by atoms with Crippen LogP contribution in [0.3, 0.4) is 0 Å². The number of nitrogens with one attached hydrogen (secondary N) is 1. The van der Waals surface area contributed by atoms with Crippen LogP contribution in [0.4, 0.5) is 4.39 Å². The van der Waals surface area contributed by atoms with Gasteiger partial charge in [-0.1, -0.05) is 27.7 Å². The maximum atomic E-state index is 13.1. The lowest BCUT2D eigenvalue weighted by Gasteiger charge is -2.13. The van der Waals surface area contributed by atoms with Crippen LogP contribution in [0.25, 0.3) is 0 Å². The summed E-state index contributed by atoms with van der Waals surface area (Å²) < 4.78 is 18.7. The Morgan fingerprint density at radius 2 is 2.06 bits per heavy atom. The van der Waals surface area contributed by atoms with E-state index in [9.17, 15) is 4.39 Å². The Morgan fingerprint density at radius 3 is 2.65 bits per heavy atom. The molecule has 0 amide bonds. The molecule has 0 aliphatic rings. The zero-order chi connectivity index (χ0) is 12.8. The van der Waals surface area contributed by atoms with Gasteiger partial charge in [-0.2, -0.15) is 0 Å². The van der Waals surface area contributed by atoms with Crippen molar-refractivity contribution in [2.45, 2.75) is 40.3 Å². The van der Waals surface area contributed by atoms with Gasteiger partial charge >= 0.3 is 0 Å². The van der Waals surface area contributed by atoms with Crippen molar-refractivity contribution in [1.29, 1.82) is 0 Å². The Bertz CT molecular complexity index is 353. The second-order valence-corrected chi connectivity index (χ2v) is 4.86. The van der Waals surface area contributed by atoms with Crippen LogP contribution in [0.15, 0.2) is 12.3 Å². The van der Waals surface area contributed by atoms with E-state index >= 15 is 0 Å². The fraction of sp³-hybridized carbons (Fsp3) is 0.615. The van der Waals surface area contributed by atoms with E-state index in [2.05, 4.69) is 24.1 Å². The standard InChI is InChI=1S/C13H21FN2O/c1-9(2)8-17-13-11(6-15-10(3)4)5-12(14)7-16-13/h5,7,9-10,15H,6,8H2,1-4H3. The summed E-state index contributed by atoms with van der Waals surface area (Å²) in [7, 11) is 0. The molecule has 0 aliphatic carbocycles. The summed E-state index contributed by atoms with van der Waals surface area (Å²) in [6, 6.07) is 1.81. The summed E-state index contributed by atoms with van der Waals surface area (Å²) in [6.07, 6.45) is 1.19. The zero-order valence-corrected chi connectivity index (χ0v) is 11.0. The van der Waals surface area contributed by atoms with Crippen LogP contribution < -0.4 is 10.1 Å². The highest BCUT2D eigenvalue weighted by atomic mass is 19.1. The number of nitrogens with zero attached hydrogens (tertiary/aromatic N) is 1. The largest absolute Gasteiger partial charge is 0.477 e. The lowest BCUT2D eigenvalue weighted by Crippen LogP contribution is -2.22. The second-order valence-electron chi connectivity index (χ2n) is 4.86. The van der Waals surface area contributed by atoms with Crippen LogP contribution in [0, 0.1) is 11.7 Å². The average molecular weight is 240 g/mol. The molecule has 0 aliphatic heterocycles. The van der Waals surface area contributed by atoms with Gasteiger partial charge in [0.2, 0.25) is 5.88 Å². The fourth-order valence-electron chi connectivity index (χ4n) is 1.28. The first-order valence-corrected chi connectivity index (χ1v) is 5.99. The number of hydrogen-bond donors (Lipinski definition) is 1. The van der Waals surface area contributed by atoms with Gasteiger partial charge in [-0.05, 0) is 12.0 Å². The summed E-state index contributed by atoms with van der Waals surface area (Å²) in [5.74, 6) is 0.614. The summed E-state index contributed by atoms with van der Waals surface area (Å²) in [5.41, 5.74) is 0.763. The topological polar surface area (TPSA) is 34.1 Å². The Morgan fingerprint density at radius 1 is 1.35 bits per heavy atom. The molecule has 4 heteroatoms. The van der Waals surface area contributed by atoms with Crippen LogP contribution in [0.5, 0.6) is 5.88 Å². The third-order valence-corrected chi connectivity index (χ3v) is 2.15. The smallest absolute Gasteiger partial charge is 0.218 e. The van der Waals surface area contributed by atoms with E-state index < -0.39 is 0 Å². The molecule has 0 bridgehead atoms. The van der Waals surface area contributed by atoms with Crippen molar-refractivity contribution in [2.24, 2.45) is 5.92 Å². The molecule has 1 aromatic heterocycles. The highest BCUT2D eigenvalue weighted by Crippen LogP contribution is 2.17. The maximum absolute atomic E-state index is 13.1. The van der Waals surface area contributed by atoms with E-state index in [1.807, 2.05) is 13.8 Å². The molecular weight excluding hydrogens is 219 g/mol. The highest BCUT2D eigenvalue weighted by Gasteiger charge is 2.08. The zero-order valence-electron chi connectivity index (χ0n) is 11.0. The second kappa shape index (κ2) is 6.55. The summed E-state index contributed by atoms with van der Waals surface area (Å²) in [4.78, 5) is 3.99. The third kappa shape index (κ3) is 5.13. The molecule has 0 fully saturated rings. The van der Waals surface area contributed by atoms with Crippen LogP contribution in [-0.4, -0.2) is 17.6 Å². The predicted molar refractivity (Wildman–Crippen MR) is 66.5 cm³/mol. The van der Waals surface area contributed by atoms with Crippen molar-refractivity contribution in [3.05, 3.63) is 23.6 Å². The summed E-state index contributed by atoms with van der Waals surface area (Å²) >= 11 is 0. The molecule has 0 atom stereocenters. The lowest BCUT2D eigenvalue weighted by molar-refractivity contribution is 0.257. The number of halogens is 1. The van der Waals surface area contributed by atoms with Gasteiger partial charge in [-0.15, -0.1) is 0 Å². The minimum absolute atomic E-state index is 0.331. The molecule has 1 N–H and O–H groups in total. The van der Waals surface area contributed by atoms with Gasteiger partial charge in [-0.3, -0.25) is 0 Å². The minimum atomic E-state index is -0.331. The van der Waals surface area contributed by atoms with Gasteiger partial charge in [0.05, 0.1) is 12.8 Å². The van der Waals surface area contributed by atoms with E-state index in [1.54, 1.807) is 0 Å². The Hall–Kier alpha value is -1.16. The Balaban J connectivity index is 2.72. The van der Waals surface area contributed by atoms with Crippen LogP contribution in [0.1, 0.15) is 33.3 Å². The van der Waals surface area contributed by atoms with E-state index in [-0.39, 0.29) is 5.82 Å². The van der Waals surface area contributed by atoms with Gasteiger partial charge in [-0.25, -0.2) is 9.37 Å². The third-order valence-electron chi connectivity index (χ3n) is 2.15. The molecule has 0 unspecified atom stereocenters. The van der Waals surface area contributed by atoms with Crippen molar-refractivity contribution in [1.82, 2.24) is 10.3 Å². The molecule has 0 radical (unpaired) electrons. The molecule has 17 heavy (non-hydrogen) atoms. The van der Waals surface area contributed by atoms with E-state index in [0.717, 1.165) is 5.56 Å². The maximum Gasteiger partial charge on any atom is 0.218 e. The van der Waals surface area contributed by atoms with Crippen LogP contribution in [0.2, 0.25) is 0 Å². The van der Waals surface area contributed by atoms with Gasteiger partial charge in [0, 0.05) is 18.2 Å². The lowest BCUT2D eigenvalue weighted by atomic mass is 10.2. The Labute approximate surface area is 102 Å². The van der Waals surface area contributed by atoms with E-state index in [4.69, 9.17) is 4.74 Å². The molecule has 1 rings (SSSR count). The van der Waals surface area contributed by atoms with Gasteiger partial charge in [0.25, 0.3) is 0 Å². The molecule has 1 heterocycles. The molecule has 0 saturated heterocycles. The quantitative estimate of drug-likeness (QED) is 0.830. The van der Waals surface area contributed by atoms with Crippen molar-refractivity contribution in [3.63, 3.8) is 0 Å². The van der Waals surface area contributed by atoms with Gasteiger partial charge in [0.15, 0.2) is 0 Å². The first-order valence-electron chi connectivity index (χ1n) is 5.99. The highest BCUT2D eigenvalue weighted by molar-refractivity contribution is 5.26. The van der Waals surface area contributed by atoms with Crippen molar-refractivity contribution in [2.75, 3.05) is 6.61 Å². The molecule has 3 nitrogen and oxygen atoms in total. The Kier molecular flexibility index (Phi) is 5.35. The average Bonchev–Trinajstić information content (AvgIpc) is 2.24. The van der Waals surface area contributed by atoms with Crippen molar-refractivity contribution >= 4 is 0 Å². The number of aromatic nitrogens is 1. The summed E-state index contributed by atoms with van der Waals surface area (Å²) in [6.45, 7) is 9.37. The molecule has 0 spiro atoms. The number of ether oxygens (including phenoxy) is 1.